The van der Waals surface area contributed by atoms with E-state index in [0.717, 1.165) is 0 Å². The molecule has 1 heterocycles. The van der Waals surface area contributed by atoms with Gasteiger partial charge in [0.2, 0.25) is 0 Å². The Hall–Kier alpha value is -1.92. The van der Waals surface area contributed by atoms with Crippen molar-refractivity contribution >= 4 is 5.57 Å². The van der Waals surface area contributed by atoms with Gasteiger partial charge in [0.25, 0.3) is 0 Å². The van der Waals surface area contributed by atoms with Gasteiger partial charge in [-0.2, -0.15) is 0 Å². The molecule has 0 aliphatic heterocycles. The summed E-state index contributed by atoms with van der Waals surface area (Å²) in [5, 5.41) is 0. The molecule has 0 spiro atoms. The van der Waals surface area contributed by atoms with Crippen molar-refractivity contribution in [1.29, 1.82) is 0 Å². The van der Waals surface area contributed by atoms with Crippen LogP contribution in [0.3, 0.4) is 0 Å². The first-order valence-corrected chi connectivity index (χ1v) is 11.4. The molecule has 5 rings (SSSR count). The Morgan fingerprint density at radius 3 is 2.20 bits per heavy atom. The summed E-state index contributed by atoms with van der Waals surface area (Å²) in [6, 6.07) is 20.1. The molecule has 1 nitrogen and oxygen atoms in total. The first-order chi connectivity index (χ1) is 12.3. The van der Waals surface area contributed by atoms with Crippen LogP contribution in [0.1, 0.15) is 27.2 Å². The van der Waals surface area contributed by atoms with Gasteiger partial charge < -0.3 is 0 Å². The normalized spacial score (nSPS) is 18.5. The van der Waals surface area contributed by atoms with E-state index in [0.29, 0.717) is 9.54 Å². The average Bonchev–Trinajstić information content (AvgIpc) is 3.36. The van der Waals surface area contributed by atoms with Crippen molar-refractivity contribution in [2.45, 2.75) is 10.5 Å². The molecule has 0 N–H and O–H groups in total. The monoisotopic (exact) mass is 400 g/mol. The molecular weight excluding hydrogens is 383 g/mol. The second-order valence-electron chi connectivity index (χ2n) is 6.74. The molecule has 2 heteroatoms. The Morgan fingerprint density at radius 1 is 0.880 bits per heavy atom. The predicted molar refractivity (Wildman–Crippen MR) is 97.7 cm³/mol. The summed E-state index contributed by atoms with van der Waals surface area (Å²) in [4.78, 5) is 0. The van der Waals surface area contributed by atoms with Crippen LogP contribution in [0.25, 0.3) is 16.7 Å². The van der Waals surface area contributed by atoms with E-state index >= 15 is 0 Å². The van der Waals surface area contributed by atoms with Crippen LogP contribution in [0.4, 0.5) is 0 Å². The first kappa shape index (κ1) is 15.3. The first-order valence-electron chi connectivity index (χ1n) is 8.72. The van der Waals surface area contributed by atoms with Crippen LogP contribution in [-0.4, -0.2) is 0 Å². The molecule has 0 saturated heterocycles. The van der Waals surface area contributed by atoms with E-state index in [1.807, 2.05) is 6.26 Å². The van der Waals surface area contributed by atoms with Crippen LogP contribution in [0, 0.1) is 5.92 Å². The molecule has 2 aliphatic carbocycles. The third-order valence-electron chi connectivity index (χ3n) is 5.26. The Morgan fingerprint density at radius 2 is 1.56 bits per heavy atom. The number of allylic oxidation sites excluding steroid dienone is 4. The van der Waals surface area contributed by atoms with Crippen LogP contribution >= 0.6 is 0 Å². The van der Waals surface area contributed by atoms with Crippen molar-refractivity contribution in [1.82, 2.24) is 0 Å². The summed E-state index contributed by atoms with van der Waals surface area (Å²) in [5.41, 5.74) is 8.59. The molecule has 3 aromatic rings. The molecule has 0 radical (unpaired) electrons. The van der Waals surface area contributed by atoms with Crippen LogP contribution in [-0.2, 0) is 23.2 Å². The van der Waals surface area contributed by atoms with Gasteiger partial charge in [-0.1, -0.05) is 0 Å². The number of hydrogen-bond acceptors (Lipinski definition) is 1. The summed E-state index contributed by atoms with van der Waals surface area (Å²) in [6.45, 7) is 2.34. The number of furan rings is 1. The zero-order valence-electron chi connectivity index (χ0n) is 14.1. The second kappa shape index (κ2) is 6.11. The maximum absolute atomic E-state index is 5.34. The molecule has 1 unspecified atom stereocenters. The van der Waals surface area contributed by atoms with E-state index < -0.39 is 23.2 Å². The van der Waals surface area contributed by atoms with Gasteiger partial charge in [0, 0.05) is 0 Å². The fourth-order valence-corrected chi connectivity index (χ4v) is 8.61. The van der Waals surface area contributed by atoms with Crippen molar-refractivity contribution in [2.75, 3.05) is 0 Å². The zero-order valence-corrected chi connectivity index (χ0v) is 16.5. The van der Waals surface area contributed by atoms with Crippen molar-refractivity contribution in [3.05, 3.63) is 99.2 Å². The molecular formula is C23H18OZr. The number of benzene rings is 2. The maximum atomic E-state index is 5.34. The molecule has 120 valence electrons. The molecule has 2 aliphatic rings. The van der Waals surface area contributed by atoms with Gasteiger partial charge in [-0.25, -0.2) is 0 Å². The van der Waals surface area contributed by atoms with Gasteiger partial charge in [-0.15, -0.1) is 0 Å². The van der Waals surface area contributed by atoms with E-state index in [9.17, 15) is 0 Å². The summed E-state index contributed by atoms with van der Waals surface area (Å²) in [6.07, 6.45) is 8.32. The Labute approximate surface area is 159 Å². The quantitative estimate of drug-likeness (QED) is 0.521. The van der Waals surface area contributed by atoms with E-state index in [4.69, 9.17) is 4.42 Å². The summed E-state index contributed by atoms with van der Waals surface area (Å²) in [5.74, 6) is 0.552. The molecule has 25 heavy (non-hydrogen) atoms. The molecule has 1 atom stereocenters. The van der Waals surface area contributed by atoms with E-state index in [1.54, 1.807) is 9.54 Å². The number of rotatable bonds is 3. The number of fused-ring (bicyclic) bond motifs is 3. The van der Waals surface area contributed by atoms with Crippen molar-refractivity contribution in [2.24, 2.45) is 5.92 Å². The zero-order chi connectivity index (χ0) is 16.8. The summed E-state index contributed by atoms with van der Waals surface area (Å²) in [7, 11) is 0. The van der Waals surface area contributed by atoms with Gasteiger partial charge in [0.05, 0.1) is 0 Å². The minimum atomic E-state index is -0.843. The van der Waals surface area contributed by atoms with Crippen molar-refractivity contribution < 1.29 is 27.7 Å². The van der Waals surface area contributed by atoms with Gasteiger partial charge in [0.1, 0.15) is 0 Å². The standard InChI is InChI=1S/C13H9.C10H9O.Zr/c1-3-7-12-10(5-1)9-11-6-2-4-8-13(11)12;1-8-2-3-9(6-8)10-4-5-11-7-10;/h1-9H;2-5,7-8H,1H3;. The van der Waals surface area contributed by atoms with Crippen molar-refractivity contribution in [3.8, 4) is 11.1 Å². The van der Waals surface area contributed by atoms with Gasteiger partial charge in [-0.05, 0) is 0 Å². The van der Waals surface area contributed by atoms with Crippen LogP contribution < -0.4 is 0 Å². The molecule has 0 saturated carbocycles. The van der Waals surface area contributed by atoms with E-state index in [-0.39, 0.29) is 0 Å². The predicted octanol–water partition coefficient (Wildman–Crippen LogP) is 6.05. The summed E-state index contributed by atoms with van der Waals surface area (Å²) < 4.78 is 7.63. The molecule has 1 aromatic heterocycles. The average molecular weight is 402 g/mol. The fraction of sp³-hybridized carbons (Fsp3) is 0.130. The van der Waals surface area contributed by atoms with Gasteiger partial charge >= 0.3 is 160 Å². The Balaban J connectivity index is 1.62. The minimum absolute atomic E-state index is 0.552. The van der Waals surface area contributed by atoms with Gasteiger partial charge in [0.15, 0.2) is 0 Å². The summed E-state index contributed by atoms with van der Waals surface area (Å²) >= 11 is -0.843. The fourth-order valence-electron chi connectivity index (χ4n) is 4.02. The second-order valence-corrected chi connectivity index (χ2v) is 10.2. The van der Waals surface area contributed by atoms with Crippen LogP contribution in [0.2, 0.25) is 0 Å². The Kier molecular flexibility index (Phi) is 3.75. The molecule has 0 fully saturated rings. The third kappa shape index (κ3) is 2.47. The molecule has 0 amide bonds. The molecule has 0 bridgehead atoms. The molecule has 2 aromatic carbocycles. The SMILES string of the molecule is CC1C=CC(c2ccoc2)=[C]1[Zr][CH]1c2ccccc2-c2ccccc21. The van der Waals surface area contributed by atoms with E-state index in [2.05, 4.69) is 73.7 Å². The van der Waals surface area contributed by atoms with Crippen LogP contribution in [0.15, 0.2) is 87.0 Å². The third-order valence-corrected chi connectivity index (χ3v) is 10.0. The Bertz CT molecular complexity index is 949. The van der Waals surface area contributed by atoms with E-state index in [1.165, 1.54) is 33.4 Å². The topological polar surface area (TPSA) is 13.1 Å². The number of hydrogen-bond donors (Lipinski definition) is 0. The van der Waals surface area contributed by atoms with Crippen molar-refractivity contribution in [3.63, 3.8) is 0 Å². The van der Waals surface area contributed by atoms with Gasteiger partial charge in [-0.3, -0.25) is 0 Å². The van der Waals surface area contributed by atoms with Crippen LogP contribution in [0.5, 0.6) is 0 Å².